The van der Waals surface area contributed by atoms with Crippen molar-refractivity contribution in [2.75, 3.05) is 20.2 Å². The Morgan fingerprint density at radius 1 is 1.61 bits per heavy atom. The molecule has 18 heavy (non-hydrogen) atoms. The first kappa shape index (κ1) is 15.4. The van der Waals surface area contributed by atoms with Gasteiger partial charge in [-0.2, -0.15) is 4.31 Å². The second kappa shape index (κ2) is 5.96. The van der Waals surface area contributed by atoms with Gasteiger partial charge in [0.25, 0.3) is 0 Å². The molecule has 0 amide bonds. The molecule has 7 nitrogen and oxygen atoms in total. The van der Waals surface area contributed by atoms with Crippen molar-refractivity contribution in [3.05, 3.63) is 0 Å². The molecule has 3 N–H and O–H groups in total. The van der Waals surface area contributed by atoms with Gasteiger partial charge in [0, 0.05) is 26.2 Å². The number of hydrogen-bond acceptors (Lipinski definition) is 5. The van der Waals surface area contributed by atoms with E-state index in [1.165, 1.54) is 11.2 Å². The summed E-state index contributed by atoms with van der Waals surface area (Å²) in [5, 5.41) is 7.39. The molecule has 0 aromatic carbocycles. The van der Waals surface area contributed by atoms with Crippen molar-refractivity contribution in [1.29, 1.82) is 0 Å². The fraction of sp³-hybridized carbons (Fsp3) is 0.900. The number of carbonyl (C=O) groups is 1. The molecule has 1 heterocycles. The highest BCUT2D eigenvalue weighted by molar-refractivity contribution is 7.90. The van der Waals surface area contributed by atoms with E-state index >= 15 is 0 Å². The van der Waals surface area contributed by atoms with Crippen LogP contribution in [-0.2, 0) is 19.6 Å². The molecule has 0 aliphatic carbocycles. The van der Waals surface area contributed by atoms with Gasteiger partial charge in [0.05, 0.1) is 6.10 Å². The molecule has 0 radical (unpaired) electrons. The SMILES string of the molecule is COC1CCN(S(=O)(=O)C(C)C(=O)O)C(CN)C1. The lowest BCUT2D eigenvalue weighted by Crippen LogP contribution is -2.54. The van der Waals surface area contributed by atoms with Gasteiger partial charge in [0.2, 0.25) is 10.0 Å². The van der Waals surface area contributed by atoms with E-state index < -0.39 is 27.3 Å². The van der Waals surface area contributed by atoms with Crippen LogP contribution in [0.2, 0.25) is 0 Å². The first-order valence-electron chi connectivity index (χ1n) is 5.80. The van der Waals surface area contributed by atoms with E-state index in [9.17, 15) is 13.2 Å². The molecule has 3 atom stereocenters. The maximum absolute atomic E-state index is 12.1. The van der Waals surface area contributed by atoms with Gasteiger partial charge >= 0.3 is 5.97 Å². The van der Waals surface area contributed by atoms with Crippen molar-refractivity contribution < 1.29 is 23.1 Å². The molecule has 1 saturated heterocycles. The number of carboxylic acid groups (broad SMARTS) is 1. The van der Waals surface area contributed by atoms with E-state index in [0.29, 0.717) is 12.8 Å². The quantitative estimate of drug-likeness (QED) is 0.684. The third-order valence-electron chi connectivity index (χ3n) is 3.34. The Morgan fingerprint density at radius 2 is 2.22 bits per heavy atom. The number of aliphatic carboxylic acids is 1. The highest BCUT2D eigenvalue weighted by Gasteiger charge is 2.40. The zero-order chi connectivity index (χ0) is 13.9. The van der Waals surface area contributed by atoms with Crippen LogP contribution in [0.5, 0.6) is 0 Å². The third kappa shape index (κ3) is 3.00. The summed E-state index contributed by atoms with van der Waals surface area (Å²) in [7, 11) is -2.28. The zero-order valence-corrected chi connectivity index (χ0v) is 11.4. The first-order chi connectivity index (χ1) is 8.34. The maximum atomic E-state index is 12.1. The highest BCUT2D eigenvalue weighted by atomic mass is 32.2. The lowest BCUT2D eigenvalue weighted by molar-refractivity contribution is -0.136. The highest BCUT2D eigenvalue weighted by Crippen LogP contribution is 2.24. The Kier molecular flexibility index (Phi) is 5.09. The summed E-state index contributed by atoms with van der Waals surface area (Å²) in [4.78, 5) is 10.8. The van der Waals surface area contributed by atoms with Gasteiger partial charge in [-0.05, 0) is 19.8 Å². The van der Waals surface area contributed by atoms with Crippen molar-refractivity contribution in [3.8, 4) is 0 Å². The van der Waals surface area contributed by atoms with Gasteiger partial charge in [-0.1, -0.05) is 0 Å². The summed E-state index contributed by atoms with van der Waals surface area (Å²) in [6.07, 6.45) is 1.03. The predicted octanol–water partition coefficient (Wildman–Crippen LogP) is -0.773. The number of methoxy groups -OCH3 is 1. The molecule has 0 saturated carbocycles. The maximum Gasteiger partial charge on any atom is 0.323 e. The molecule has 3 unspecified atom stereocenters. The number of piperidine rings is 1. The molecule has 1 fully saturated rings. The van der Waals surface area contributed by atoms with E-state index in [4.69, 9.17) is 15.6 Å². The summed E-state index contributed by atoms with van der Waals surface area (Å²) in [6, 6.07) is -0.393. The van der Waals surface area contributed by atoms with E-state index in [1.54, 1.807) is 7.11 Å². The van der Waals surface area contributed by atoms with Crippen LogP contribution in [0.1, 0.15) is 19.8 Å². The third-order valence-corrected chi connectivity index (χ3v) is 5.57. The minimum Gasteiger partial charge on any atom is -0.480 e. The Hall–Kier alpha value is -0.700. The van der Waals surface area contributed by atoms with Gasteiger partial charge in [0.15, 0.2) is 5.25 Å². The fourth-order valence-electron chi connectivity index (χ4n) is 2.09. The van der Waals surface area contributed by atoms with Crippen LogP contribution in [0.25, 0.3) is 0 Å². The summed E-state index contributed by atoms with van der Waals surface area (Å²) >= 11 is 0. The number of nitrogens with two attached hydrogens (primary N) is 1. The molecular weight excluding hydrogens is 260 g/mol. The van der Waals surface area contributed by atoms with Gasteiger partial charge < -0.3 is 15.6 Å². The van der Waals surface area contributed by atoms with Crippen LogP contribution >= 0.6 is 0 Å². The molecular formula is C10H20N2O5S. The Labute approximate surface area is 107 Å². The average Bonchev–Trinajstić information content (AvgIpc) is 2.36. The Morgan fingerprint density at radius 3 is 2.67 bits per heavy atom. The summed E-state index contributed by atoms with van der Waals surface area (Å²) in [6.45, 7) is 1.58. The van der Waals surface area contributed by atoms with Crippen molar-refractivity contribution in [2.24, 2.45) is 5.73 Å². The molecule has 0 bridgehead atoms. The van der Waals surface area contributed by atoms with Gasteiger partial charge in [-0.3, -0.25) is 4.79 Å². The number of carboxylic acids is 1. The summed E-state index contributed by atoms with van der Waals surface area (Å²) in [5.41, 5.74) is 5.57. The topological polar surface area (TPSA) is 110 Å². The van der Waals surface area contributed by atoms with E-state index in [1.807, 2.05) is 0 Å². The molecule has 8 heteroatoms. The average molecular weight is 280 g/mol. The standard InChI is InChI=1S/C10H20N2O5S/c1-7(10(13)14)18(15,16)12-4-3-9(17-2)5-8(12)6-11/h7-9H,3-6,11H2,1-2H3,(H,13,14). The van der Waals surface area contributed by atoms with Crippen molar-refractivity contribution in [1.82, 2.24) is 4.31 Å². The second-order valence-electron chi connectivity index (χ2n) is 4.41. The largest absolute Gasteiger partial charge is 0.480 e. The van der Waals surface area contributed by atoms with Crippen LogP contribution in [0.4, 0.5) is 0 Å². The van der Waals surface area contributed by atoms with Crippen LogP contribution in [-0.4, -0.2) is 61.4 Å². The van der Waals surface area contributed by atoms with Crippen LogP contribution < -0.4 is 5.73 Å². The minimum absolute atomic E-state index is 0.0230. The lowest BCUT2D eigenvalue weighted by atomic mass is 10.0. The van der Waals surface area contributed by atoms with Gasteiger partial charge in [0.1, 0.15) is 0 Å². The number of rotatable bonds is 5. The minimum atomic E-state index is -3.86. The fourth-order valence-corrected chi connectivity index (χ4v) is 3.69. The lowest BCUT2D eigenvalue weighted by Gasteiger charge is -2.38. The Bertz CT molecular complexity index is 397. The number of hydrogen-bond donors (Lipinski definition) is 2. The monoisotopic (exact) mass is 280 g/mol. The van der Waals surface area contributed by atoms with Crippen molar-refractivity contribution in [2.45, 2.75) is 37.2 Å². The molecule has 0 aromatic rings. The zero-order valence-electron chi connectivity index (χ0n) is 10.6. The van der Waals surface area contributed by atoms with Gasteiger partial charge in [-0.15, -0.1) is 0 Å². The smallest absolute Gasteiger partial charge is 0.323 e. The van der Waals surface area contributed by atoms with Crippen molar-refractivity contribution in [3.63, 3.8) is 0 Å². The second-order valence-corrected chi connectivity index (χ2v) is 6.61. The van der Waals surface area contributed by atoms with Crippen molar-refractivity contribution >= 4 is 16.0 Å². The first-order valence-corrected chi connectivity index (χ1v) is 7.31. The van der Waals surface area contributed by atoms with E-state index in [-0.39, 0.29) is 19.2 Å². The molecule has 1 aliphatic heterocycles. The number of ether oxygens (including phenoxy) is 1. The summed E-state index contributed by atoms with van der Waals surface area (Å²) < 4.78 is 30.7. The molecule has 0 spiro atoms. The summed E-state index contributed by atoms with van der Waals surface area (Å²) in [5.74, 6) is -1.35. The molecule has 1 rings (SSSR count). The van der Waals surface area contributed by atoms with Gasteiger partial charge in [-0.25, -0.2) is 8.42 Å². The van der Waals surface area contributed by atoms with Crippen LogP contribution in [0.3, 0.4) is 0 Å². The molecule has 106 valence electrons. The van der Waals surface area contributed by atoms with Crippen LogP contribution in [0.15, 0.2) is 0 Å². The normalized spacial score (nSPS) is 27.9. The molecule has 0 aromatic heterocycles. The van der Waals surface area contributed by atoms with E-state index in [2.05, 4.69) is 0 Å². The number of sulfonamides is 1. The molecule has 1 aliphatic rings. The Balaban J connectivity index is 2.91. The van der Waals surface area contributed by atoms with Crippen LogP contribution in [0, 0.1) is 0 Å². The number of nitrogens with zero attached hydrogens (tertiary/aromatic N) is 1. The van der Waals surface area contributed by atoms with E-state index in [0.717, 1.165) is 0 Å². The predicted molar refractivity (Wildman–Crippen MR) is 65.6 cm³/mol.